The molecule has 1 amide bonds. The molecule has 2 aromatic heterocycles. The van der Waals surface area contributed by atoms with E-state index in [1.807, 2.05) is 0 Å². The molecule has 0 saturated carbocycles. The fourth-order valence-corrected chi connectivity index (χ4v) is 5.00. The number of hydrogen-bond acceptors (Lipinski definition) is 6. The van der Waals surface area contributed by atoms with Crippen LogP contribution in [0.3, 0.4) is 0 Å². The molecular weight excluding hydrogens is 449 g/mol. The number of imidazole rings is 1. The Kier molecular flexibility index (Phi) is 5.82. The van der Waals surface area contributed by atoms with Gasteiger partial charge in [-0.3, -0.25) is 4.79 Å². The highest BCUT2D eigenvalue weighted by Gasteiger charge is 2.39. The molecule has 0 bridgehead atoms. The predicted molar refractivity (Wildman–Crippen MR) is 108 cm³/mol. The van der Waals surface area contributed by atoms with Crippen LogP contribution in [0.1, 0.15) is 47.5 Å². The van der Waals surface area contributed by atoms with E-state index in [-0.39, 0.29) is 32.9 Å². The fraction of sp³-hybridized carbons (Fsp3) is 0.350. The van der Waals surface area contributed by atoms with Crippen LogP contribution < -0.4 is 0 Å². The van der Waals surface area contributed by atoms with Crippen molar-refractivity contribution in [1.82, 2.24) is 19.0 Å². The zero-order valence-corrected chi connectivity index (χ0v) is 18.4. The number of carbonyl (C=O) groups is 1. The number of aromatic nitrogens is 3. The summed E-state index contributed by atoms with van der Waals surface area (Å²) >= 11 is 0. The Morgan fingerprint density at radius 3 is 2.47 bits per heavy atom. The van der Waals surface area contributed by atoms with E-state index in [0.29, 0.717) is 4.31 Å². The Morgan fingerprint density at radius 2 is 1.97 bits per heavy atom. The van der Waals surface area contributed by atoms with Gasteiger partial charge in [-0.05, 0) is 45.9 Å². The minimum atomic E-state index is -4.71. The molecule has 2 heterocycles. The number of alkyl halides is 3. The van der Waals surface area contributed by atoms with E-state index in [1.54, 1.807) is 13.8 Å². The van der Waals surface area contributed by atoms with Crippen LogP contribution in [-0.4, -0.2) is 39.9 Å². The van der Waals surface area contributed by atoms with Gasteiger partial charge < -0.3 is 9.09 Å². The Hall–Kier alpha value is -3.33. The Morgan fingerprint density at radius 1 is 1.31 bits per heavy atom. The molecule has 8 nitrogen and oxygen atoms in total. The number of aryl methyl sites for hydroxylation is 2. The number of halogens is 3. The third kappa shape index (κ3) is 3.84. The molecule has 0 radical (unpaired) electrons. The standard InChI is InChI=1S/C20H19F3N4O4S/c1-6-9-26(32(29,30)17-12(4)25-31-13(17)5)18(28)14-7-8-16-15(10-14)24-19(20(21,22)23)27(16)11(2)3/h1,7-8,10-11H,9H2,2-5H3. The summed E-state index contributed by atoms with van der Waals surface area (Å²) in [6, 6.07) is 3.08. The molecule has 0 aliphatic rings. The molecule has 0 N–H and O–H groups in total. The van der Waals surface area contributed by atoms with E-state index in [4.69, 9.17) is 10.9 Å². The molecule has 0 aliphatic heterocycles. The normalized spacial score (nSPS) is 12.3. The first-order valence-electron chi connectivity index (χ1n) is 9.33. The molecule has 0 unspecified atom stereocenters. The van der Waals surface area contributed by atoms with E-state index >= 15 is 0 Å². The van der Waals surface area contributed by atoms with E-state index in [9.17, 15) is 26.4 Å². The Bertz CT molecular complexity index is 1330. The maximum Gasteiger partial charge on any atom is 0.449 e. The van der Waals surface area contributed by atoms with E-state index in [1.165, 1.54) is 26.0 Å². The van der Waals surface area contributed by atoms with Crippen molar-refractivity contribution < 1.29 is 30.9 Å². The smallest absolute Gasteiger partial charge is 0.360 e. The van der Waals surface area contributed by atoms with Crippen molar-refractivity contribution in [1.29, 1.82) is 0 Å². The number of sulfonamides is 1. The second kappa shape index (κ2) is 7.98. The lowest BCUT2D eigenvalue weighted by atomic mass is 10.2. The molecule has 0 fully saturated rings. The summed E-state index contributed by atoms with van der Waals surface area (Å²) in [4.78, 5) is 16.5. The van der Waals surface area contributed by atoms with Gasteiger partial charge in [-0.25, -0.2) is 17.7 Å². The number of hydrogen-bond donors (Lipinski definition) is 0. The van der Waals surface area contributed by atoms with Crippen LogP contribution in [-0.2, 0) is 16.2 Å². The van der Waals surface area contributed by atoms with Crippen LogP contribution in [0, 0.1) is 26.2 Å². The van der Waals surface area contributed by atoms with Crippen molar-refractivity contribution in [2.45, 2.75) is 44.8 Å². The predicted octanol–water partition coefficient (Wildman–Crippen LogP) is 3.71. The van der Waals surface area contributed by atoms with E-state index in [2.05, 4.69) is 16.1 Å². The lowest BCUT2D eigenvalue weighted by Crippen LogP contribution is -2.37. The summed E-state index contributed by atoms with van der Waals surface area (Å²) in [5, 5.41) is 3.59. The molecule has 0 saturated heterocycles. The number of amides is 1. The first-order chi connectivity index (χ1) is 14.8. The summed E-state index contributed by atoms with van der Waals surface area (Å²) in [6.07, 6.45) is 0.566. The molecule has 3 rings (SSSR count). The number of rotatable bonds is 5. The van der Waals surface area contributed by atoms with Crippen molar-refractivity contribution in [2.75, 3.05) is 6.54 Å². The van der Waals surface area contributed by atoms with Crippen LogP contribution in [0.5, 0.6) is 0 Å². The third-order valence-corrected chi connectivity index (χ3v) is 6.66. The average molecular weight is 468 g/mol. The molecule has 170 valence electrons. The van der Waals surface area contributed by atoms with Gasteiger partial charge in [-0.1, -0.05) is 11.1 Å². The second-order valence-corrected chi connectivity index (χ2v) is 9.07. The number of benzene rings is 1. The summed E-state index contributed by atoms with van der Waals surface area (Å²) in [7, 11) is -4.44. The molecule has 0 atom stereocenters. The van der Waals surface area contributed by atoms with Crippen molar-refractivity contribution >= 4 is 27.0 Å². The maximum atomic E-state index is 13.4. The highest BCUT2D eigenvalue weighted by Crippen LogP contribution is 2.34. The quantitative estimate of drug-likeness (QED) is 0.530. The Labute approximate surface area is 182 Å². The SMILES string of the molecule is C#CCN(C(=O)c1ccc2c(c1)nc(C(F)(F)F)n2C(C)C)S(=O)(=O)c1c(C)noc1C. The zero-order chi connectivity index (χ0) is 24.0. The molecule has 12 heteroatoms. The molecule has 3 aromatic rings. The van der Waals surface area contributed by atoms with Gasteiger partial charge in [-0.2, -0.15) is 13.2 Å². The summed E-state index contributed by atoms with van der Waals surface area (Å²) in [5.74, 6) is -0.0434. The lowest BCUT2D eigenvalue weighted by molar-refractivity contribution is -0.147. The van der Waals surface area contributed by atoms with Gasteiger partial charge in [0.1, 0.15) is 5.69 Å². The van der Waals surface area contributed by atoms with Gasteiger partial charge in [0.2, 0.25) is 5.82 Å². The molecular formula is C20H19F3N4O4S. The number of carbonyl (C=O) groups excluding carboxylic acids is 1. The zero-order valence-electron chi connectivity index (χ0n) is 17.6. The Balaban J connectivity index is 2.14. The number of nitrogens with zero attached hydrogens (tertiary/aromatic N) is 4. The van der Waals surface area contributed by atoms with Gasteiger partial charge in [0, 0.05) is 11.6 Å². The van der Waals surface area contributed by atoms with Crippen molar-refractivity contribution in [3.8, 4) is 12.3 Å². The van der Waals surface area contributed by atoms with Crippen molar-refractivity contribution in [3.63, 3.8) is 0 Å². The van der Waals surface area contributed by atoms with Gasteiger partial charge in [0.05, 0.1) is 17.6 Å². The van der Waals surface area contributed by atoms with E-state index in [0.717, 1.165) is 10.6 Å². The van der Waals surface area contributed by atoms with E-state index < -0.39 is 40.5 Å². The average Bonchev–Trinajstić information content (AvgIpc) is 3.25. The van der Waals surface area contributed by atoms with Gasteiger partial charge in [-0.15, -0.1) is 6.42 Å². The fourth-order valence-electron chi connectivity index (χ4n) is 3.40. The minimum absolute atomic E-state index is 0.0294. The van der Waals surface area contributed by atoms with Crippen LogP contribution in [0.2, 0.25) is 0 Å². The van der Waals surface area contributed by atoms with Crippen LogP contribution in [0.15, 0.2) is 27.6 Å². The topological polar surface area (TPSA) is 98.3 Å². The van der Waals surface area contributed by atoms with Crippen LogP contribution in [0.4, 0.5) is 13.2 Å². The summed E-state index contributed by atoms with van der Waals surface area (Å²) < 4.78 is 72.9. The second-order valence-electron chi connectivity index (χ2n) is 7.27. The van der Waals surface area contributed by atoms with Gasteiger partial charge in [0.15, 0.2) is 10.7 Å². The number of fused-ring (bicyclic) bond motifs is 1. The summed E-state index contributed by atoms with van der Waals surface area (Å²) in [5.41, 5.74) is -0.100. The highest BCUT2D eigenvalue weighted by atomic mass is 32.2. The minimum Gasteiger partial charge on any atom is -0.360 e. The summed E-state index contributed by atoms with van der Waals surface area (Å²) in [6.45, 7) is 5.30. The maximum absolute atomic E-state index is 13.4. The highest BCUT2D eigenvalue weighted by molar-refractivity contribution is 7.89. The molecule has 0 aliphatic carbocycles. The molecule has 0 spiro atoms. The van der Waals surface area contributed by atoms with Gasteiger partial charge >= 0.3 is 6.18 Å². The monoisotopic (exact) mass is 468 g/mol. The largest absolute Gasteiger partial charge is 0.449 e. The molecule has 1 aromatic carbocycles. The van der Waals surface area contributed by atoms with Crippen LogP contribution in [0.25, 0.3) is 11.0 Å². The molecule has 32 heavy (non-hydrogen) atoms. The first kappa shape index (κ1) is 23.3. The van der Waals surface area contributed by atoms with Crippen molar-refractivity contribution in [3.05, 3.63) is 41.0 Å². The van der Waals surface area contributed by atoms with Crippen LogP contribution >= 0.6 is 0 Å². The first-order valence-corrected chi connectivity index (χ1v) is 10.8. The number of terminal acetylenes is 1. The third-order valence-electron chi connectivity index (χ3n) is 4.68. The van der Waals surface area contributed by atoms with Gasteiger partial charge in [0.25, 0.3) is 15.9 Å². The van der Waals surface area contributed by atoms with Crippen molar-refractivity contribution in [2.24, 2.45) is 0 Å². The lowest BCUT2D eigenvalue weighted by Gasteiger charge is -2.20.